The molecule has 0 aliphatic heterocycles. The van der Waals surface area contributed by atoms with Crippen LogP contribution in [0.5, 0.6) is 5.75 Å². The monoisotopic (exact) mass is 262 g/mol. The Bertz CT molecular complexity index is 539. The van der Waals surface area contributed by atoms with Gasteiger partial charge >= 0.3 is 0 Å². The molecule has 2 rings (SSSR count). The Balaban J connectivity index is 2.05. The van der Waals surface area contributed by atoms with Gasteiger partial charge in [0.05, 0.1) is 12.7 Å². The molecule has 2 aromatic heterocycles. The van der Waals surface area contributed by atoms with Crippen LogP contribution in [0.2, 0.25) is 0 Å². The van der Waals surface area contributed by atoms with E-state index in [-0.39, 0.29) is 6.61 Å². The van der Waals surface area contributed by atoms with Crippen LogP contribution < -0.4 is 10.1 Å². The number of nitrogens with zero attached hydrogens (tertiary/aromatic N) is 5. The van der Waals surface area contributed by atoms with E-state index < -0.39 is 0 Å². The molecule has 7 nitrogen and oxygen atoms in total. The van der Waals surface area contributed by atoms with Crippen LogP contribution in [0.1, 0.15) is 24.1 Å². The number of nitrogens with one attached hydrogen (secondary N) is 1. The van der Waals surface area contributed by atoms with E-state index >= 15 is 0 Å². The zero-order valence-electron chi connectivity index (χ0n) is 11.4. The van der Waals surface area contributed by atoms with Crippen LogP contribution >= 0.6 is 0 Å². The van der Waals surface area contributed by atoms with Gasteiger partial charge in [-0.3, -0.25) is 4.98 Å². The highest BCUT2D eigenvalue weighted by molar-refractivity contribution is 5.29. The molecule has 0 atom stereocenters. The fraction of sp³-hybridized carbons (Fsp3) is 0.500. The largest absolute Gasteiger partial charge is 0.483 e. The standard InChI is InChI=1S/C12H18N6O/c1-4-13-7-10-11(6-5-9(2)14-10)19-8-12-15-17-18(3)16-12/h5-6,13H,4,7-8H2,1-3H3. The number of aryl methyl sites for hydroxylation is 2. The Morgan fingerprint density at radius 1 is 1.37 bits per heavy atom. The zero-order chi connectivity index (χ0) is 13.7. The maximum Gasteiger partial charge on any atom is 0.212 e. The molecule has 7 heteroatoms. The van der Waals surface area contributed by atoms with Gasteiger partial charge in [0.15, 0.2) is 6.61 Å². The summed E-state index contributed by atoms with van der Waals surface area (Å²) in [4.78, 5) is 5.89. The fourth-order valence-corrected chi connectivity index (χ4v) is 1.62. The van der Waals surface area contributed by atoms with E-state index in [0.29, 0.717) is 12.4 Å². The predicted octanol–water partition coefficient (Wildman–Crippen LogP) is 0.602. The van der Waals surface area contributed by atoms with Gasteiger partial charge < -0.3 is 10.1 Å². The molecule has 1 N–H and O–H groups in total. The van der Waals surface area contributed by atoms with Crippen molar-refractivity contribution < 1.29 is 4.74 Å². The van der Waals surface area contributed by atoms with Crippen molar-refractivity contribution in [1.82, 2.24) is 30.5 Å². The molecule has 102 valence electrons. The summed E-state index contributed by atoms with van der Waals surface area (Å²) < 4.78 is 5.71. The van der Waals surface area contributed by atoms with Gasteiger partial charge in [-0.2, -0.15) is 4.80 Å². The maximum absolute atomic E-state index is 5.71. The summed E-state index contributed by atoms with van der Waals surface area (Å²) in [6.07, 6.45) is 0. The lowest BCUT2D eigenvalue weighted by Crippen LogP contribution is -2.14. The van der Waals surface area contributed by atoms with Gasteiger partial charge in [0.25, 0.3) is 0 Å². The molecule has 0 radical (unpaired) electrons. The van der Waals surface area contributed by atoms with Crippen LogP contribution in [-0.4, -0.2) is 31.7 Å². The zero-order valence-corrected chi connectivity index (χ0v) is 11.4. The minimum atomic E-state index is 0.289. The molecular formula is C12H18N6O. The smallest absolute Gasteiger partial charge is 0.212 e. The van der Waals surface area contributed by atoms with Crippen molar-refractivity contribution >= 4 is 0 Å². The number of hydrogen-bond acceptors (Lipinski definition) is 6. The first-order valence-electron chi connectivity index (χ1n) is 6.22. The van der Waals surface area contributed by atoms with Crippen molar-refractivity contribution in [3.63, 3.8) is 0 Å². The molecule has 0 fully saturated rings. The first kappa shape index (κ1) is 13.4. The minimum Gasteiger partial charge on any atom is -0.483 e. The number of aromatic nitrogens is 5. The summed E-state index contributed by atoms with van der Waals surface area (Å²) >= 11 is 0. The predicted molar refractivity (Wildman–Crippen MR) is 69.5 cm³/mol. The maximum atomic E-state index is 5.71. The van der Waals surface area contributed by atoms with Gasteiger partial charge in [-0.15, -0.1) is 10.2 Å². The highest BCUT2D eigenvalue weighted by atomic mass is 16.5. The van der Waals surface area contributed by atoms with Crippen molar-refractivity contribution in [1.29, 1.82) is 0 Å². The number of ether oxygens (including phenoxy) is 1. The van der Waals surface area contributed by atoms with Gasteiger partial charge in [0, 0.05) is 12.2 Å². The first-order chi connectivity index (χ1) is 9.19. The number of hydrogen-bond donors (Lipinski definition) is 1. The van der Waals surface area contributed by atoms with Crippen molar-refractivity contribution in [3.8, 4) is 5.75 Å². The Kier molecular flexibility index (Phi) is 4.40. The Hall–Kier alpha value is -2.02. The minimum absolute atomic E-state index is 0.289. The van der Waals surface area contributed by atoms with E-state index in [4.69, 9.17) is 4.74 Å². The molecule has 2 heterocycles. The molecule has 0 spiro atoms. The SMILES string of the molecule is CCNCc1nc(C)ccc1OCc1nnn(C)n1. The lowest BCUT2D eigenvalue weighted by atomic mass is 10.3. The van der Waals surface area contributed by atoms with Gasteiger partial charge in [-0.05, 0) is 30.8 Å². The second kappa shape index (κ2) is 6.24. The topological polar surface area (TPSA) is 77.8 Å². The average Bonchev–Trinajstić information content (AvgIpc) is 2.81. The normalized spacial score (nSPS) is 10.7. The number of tetrazole rings is 1. The molecule has 0 bridgehead atoms. The second-order valence-electron chi connectivity index (χ2n) is 4.16. The lowest BCUT2D eigenvalue weighted by molar-refractivity contribution is 0.289. The Morgan fingerprint density at radius 2 is 2.21 bits per heavy atom. The Morgan fingerprint density at radius 3 is 2.89 bits per heavy atom. The molecule has 0 aliphatic carbocycles. The second-order valence-corrected chi connectivity index (χ2v) is 4.16. The van der Waals surface area contributed by atoms with E-state index in [9.17, 15) is 0 Å². The van der Waals surface area contributed by atoms with E-state index in [2.05, 4.69) is 32.6 Å². The molecular weight excluding hydrogens is 244 g/mol. The number of pyridine rings is 1. The quantitative estimate of drug-likeness (QED) is 0.821. The summed E-state index contributed by atoms with van der Waals surface area (Å²) in [7, 11) is 1.72. The summed E-state index contributed by atoms with van der Waals surface area (Å²) in [5.74, 6) is 1.30. The Labute approximate surface area is 112 Å². The third-order valence-electron chi connectivity index (χ3n) is 2.52. The third kappa shape index (κ3) is 3.72. The van der Waals surface area contributed by atoms with Crippen molar-refractivity contribution in [2.45, 2.75) is 27.0 Å². The molecule has 0 saturated heterocycles. The summed E-state index contributed by atoms with van der Waals surface area (Å²) in [6, 6.07) is 3.85. The van der Waals surface area contributed by atoms with E-state index in [1.54, 1.807) is 7.05 Å². The third-order valence-corrected chi connectivity index (χ3v) is 2.52. The molecule has 0 unspecified atom stereocenters. The van der Waals surface area contributed by atoms with Crippen LogP contribution in [0.4, 0.5) is 0 Å². The van der Waals surface area contributed by atoms with E-state index in [1.807, 2.05) is 19.1 Å². The van der Waals surface area contributed by atoms with Gasteiger partial charge in [0.1, 0.15) is 5.75 Å². The molecule has 19 heavy (non-hydrogen) atoms. The fourth-order valence-electron chi connectivity index (χ4n) is 1.62. The first-order valence-corrected chi connectivity index (χ1v) is 6.22. The highest BCUT2D eigenvalue weighted by Gasteiger charge is 2.08. The van der Waals surface area contributed by atoms with Crippen LogP contribution in [0, 0.1) is 6.92 Å². The molecule has 0 aromatic carbocycles. The van der Waals surface area contributed by atoms with Crippen LogP contribution in [0.25, 0.3) is 0 Å². The molecule has 0 saturated carbocycles. The molecule has 0 amide bonds. The van der Waals surface area contributed by atoms with E-state index in [1.165, 1.54) is 4.80 Å². The molecule has 2 aromatic rings. The van der Waals surface area contributed by atoms with Crippen LogP contribution in [0.3, 0.4) is 0 Å². The average molecular weight is 262 g/mol. The van der Waals surface area contributed by atoms with Crippen LogP contribution in [0.15, 0.2) is 12.1 Å². The number of rotatable bonds is 6. The summed E-state index contributed by atoms with van der Waals surface area (Å²) in [6.45, 7) is 5.88. The van der Waals surface area contributed by atoms with Crippen molar-refractivity contribution in [2.24, 2.45) is 7.05 Å². The molecule has 0 aliphatic rings. The van der Waals surface area contributed by atoms with Gasteiger partial charge in [0.2, 0.25) is 5.82 Å². The highest BCUT2D eigenvalue weighted by Crippen LogP contribution is 2.17. The lowest BCUT2D eigenvalue weighted by Gasteiger charge is -2.10. The van der Waals surface area contributed by atoms with Crippen molar-refractivity contribution in [3.05, 3.63) is 29.3 Å². The van der Waals surface area contributed by atoms with Crippen molar-refractivity contribution in [2.75, 3.05) is 6.54 Å². The van der Waals surface area contributed by atoms with Crippen LogP contribution in [-0.2, 0) is 20.2 Å². The summed E-state index contributed by atoms with van der Waals surface area (Å²) in [5, 5.41) is 15.0. The van der Waals surface area contributed by atoms with Gasteiger partial charge in [-0.1, -0.05) is 6.92 Å². The van der Waals surface area contributed by atoms with Gasteiger partial charge in [-0.25, -0.2) is 0 Å². The summed E-state index contributed by atoms with van der Waals surface area (Å²) in [5.41, 5.74) is 1.86. The van der Waals surface area contributed by atoms with E-state index in [0.717, 1.165) is 23.7 Å².